The van der Waals surface area contributed by atoms with Gasteiger partial charge in [-0.2, -0.15) is 0 Å². The smallest absolute Gasteiger partial charge is 0.230 e. The molecule has 23 heavy (non-hydrogen) atoms. The third-order valence-electron chi connectivity index (χ3n) is 4.33. The second-order valence-electron chi connectivity index (χ2n) is 6.10. The summed E-state index contributed by atoms with van der Waals surface area (Å²) in [6.07, 6.45) is 12.9. The molecule has 0 spiro atoms. The first-order valence-electron chi connectivity index (χ1n) is 8.13. The maximum atomic E-state index is 12.7. The summed E-state index contributed by atoms with van der Waals surface area (Å²) < 4.78 is 0. The van der Waals surface area contributed by atoms with Gasteiger partial charge in [0.2, 0.25) is 5.91 Å². The van der Waals surface area contributed by atoms with E-state index < -0.39 is 0 Å². The Labute approximate surface area is 137 Å². The molecule has 1 aromatic carbocycles. The summed E-state index contributed by atoms with van der Waals surface area (Å²) in [7, 11) is 0. The highest BCUT2D eigenvalue weighted by Crippen LogP contribution is 2.22. The maximum absolute atomic E-state index is 12.7. The van der Waals surface area contributed by atoms with Crippen molar-refractivity contribution in [1.29, 1.82) is 0 Å². The van der Waals surface area contributed by atoms with Crippen molar-refractivity contribution in [3.63, 3.8) is 0 Å². The molecule has 1 amide bonds. The van der Waals surface area contributed by atoms with Gasteiger partial charge in [0, 0.05) is 25.1 Å². The van der Waals surface area contributed by atoms with Gasteiger partial charge >= 0.3 is 0 Å². The van der Waals surface area contributed by atoms with Gasteiger partial charge in [-0.25, -0.2) is 0 Å². The molecule has 1 heterocycles. The fraction of sp³-hybridized carbons (Fsp3) is 0.300. The van der Waals surface area contributed by atoms with Crippen LogP contribution in [0.2, 0.25) is 0 Å². The van der Waals surface area contributed by atoms with Crippen molar-refractivity contribution in [2.75, 3.05) is 0 Å². The van der Waals surface area contributed by atoms with Crippen LogP contribution in [-0.4, -0.2) is 22.6 Å². The number of amides is 1. The zero-order valence-corrected chi connectivity index (χ0v) is 13.2. The number of hydrogen-bond donors (Lipinski definition) is 0. The summed E-state index contributed by atoms with van der Waals surface area (Å²) in [6, 6.07) is 9.95. The van der Waals surface area contributed by atoms with Gasteiger partial charge in [0.05, 0.1) is 0 Å². The number of carbonyl (C=O) groups is 2. The normalized spacial score (nSPS) is 20.5. The number of benzene rings is 1. The van der Waals surface area contributed by atoms with Gasteiger partial charge in [-0.15, -0.1) is 0 Å². The maximum Gasteiger partial charge on any atom is 0.230 e. The van der Waals surface area contributed by atoms with Crippen LogP contribution in [0.3, 0.4) is 0 Å². The van der Waals surface area contributed by atoms with Crippen LogP contribution in [0.5, 0.6) is 0 Å². The Morgan fingerprint density at radius 1 is 1.22 bits per heavy atom. The molecule has 0 N–H and O–H groups in total. The van der Waals surface area contributed by atoms with Gasteiger partial charge in [0.15, 0.2) is 5.78 Å². The number of allylic oxidation sites excluding steroid dienone is 4. The first-order valence-corrected chi connectivity index (χ1v) is 8.13. The van der Waals surface area contributed by atoms with Crippen molar-refractivity contribution >= 4 is 11.7 Å². The fourth-order valence-corrected chi connectivity index (χ4v) is 3.11. The van der Waals surface area contributed by atoms with E-state index in [9.17, 15) is 9.59 Å². The molecule has 1 aliphatic carbocycles. The van der Waals surface area contributed by atoms with E-state index in [1.807, 2.05) is 42.5 Å². The van der Waals surface area contributed by atoms with Crippen LogP contribution in [0.25, 0.3) is 0 Å². The van der Waals surface area contributed by atoms with Crippen LogP contribution in [-0.2, 0) is 16.0 Å². The van der Waals surface area contributed by atoms with E-state index in [0.717, 1.165) is 18.4 Å². The molecular weight excluding hydrogens is 286 g/mol. The van der Waals surface area contributed by atoms with Crippen molar-refractivity contribution in [2.24, 2.45) is 0 Å². The molecule has 3 heteroatoms. The van der Waals surface area contributed by atoms with Crippen LogP contribution < -0.4 is 0 Å². The van der Waals surface area contributed by atoms with E-state index >= 15 is 0 Å². The Morgan fingerprint density at radius 2 is 2.04 bits per heavy atom. The van der Waals surface area contributed by atoms with Crippen LogP contribution >= 0.6 is 0 Å². The molecule has 1 aromatic rings. The predicted molar refractivity (Wildman–Crippen MR) is 90.6 cm³/mol. The summed E-state index contributed by atoms with van der Waals surface area (Å²) in [5.74, 6) is 0.172. The highest BCUT2D eigenvalue weighted by atomic mass is 16.2. The molecule has 3 rings (SSSR count). The summed E-state index contributed by atoms with van der Waals surface area (Å²) in [6.45, 7) is 0. The molecule has 1 unspecified atom stereocenters. The van der Waals surface area contributed by atoms with Crippen molar-refractivity contribution in [3.05, 3.63) is 72.0 Å². The second-order valence-corrected chi connectivity index (χ2v) is 6.10. The van der Waals surface area contributed by atoms with Crippen molar-refractivity contribution in [1.82, 2.24) is 4.90 Å². The Balaban J connectivity index is 1.72. The Bertz CT molecular complexity index is 670. The first-order chi connectivity index (χ1) is 11.2. The SMILES string of the molecule is O=C1C=CN(C(=O)CC2=CC=CCC2)C(Cc2ccccc2)C1. The van der Waals surface area contributed by atoms with E-state index in [2.05, 4.69) is 6.08 Å². The highest BCUT2D eigenvalue weighted by Gasteiger charge is 2.27. The molecule has 1 aliphatic heterocycles. The van der Waals surface area contributed by atoms with E-state index in [1.54, 1.807) is 11.1 Å². The number of nitrogens with zero attached hydrogens (tertiary/aromatic N) is 1. The lowest BCUT2D eigenvalue weighted by molar-refractivity contribution is -0.131. The van der Waals surface area contributed by atoms with E-state index in [-0.39, 0.29) is 17.7 Å². The Morgan fingerprint density at radius 3 is 2.78 bits per heavy atom. The van der Waals surface area contributed by atoms with Crippen LogP contribution in [0, 0.1) is 0 Å². The van der Waals surface area contributed by atoms with E-state index in [0.29, 0.717) is 19.3 Å². The minimum absolute atomic E-state index is 0.0798. The average molecular weight is 307 g/mol. The number of carbonyl (C=O) groups excluding carboxylic acids is 2. The van der Waals surface area contributed by atoms with Crippen molar-refractivity contribution in [2.45, 2.75) is 38.1 Å². The molecular formula is C20H21NO2. The van der Waals surface area contributed by atoms with Gasteiger partial charge in [0.25, 0.3) is 0 Å². The third kappa shape index (κ3) is 4.07. The van der Waals surface area contributed by atoms with Gasteiger partial charge in [-0.05, 0) is 30.9 Å². The number of hydrogen-bond acceptors (Lipinski definition) is 2. The van der Waals surface area contributed by atoms with Gasteiger partial charge < -0.3 is 4.90 Å². The lowest BCUT2D eigenvalue weighted by Gasteiger charge is -2.31. The van der Waals surface area contributed by atoms with Crippen LogP contribution in [0.15, 0.2) is 66.4 Å². The molecule has 0 aromatic heterocycles. The Hall–Kier alpha value is -2.42. The molecule has 0 fully saturated rings. The monoisotopic (exact) mass is 307 g/mol. The Kier molecular flexibility index (Phi) is 4.86. The summed E-state index contributed by atoms with van der Waals surface area (Å²) >= 11 is 0. The predicted octanol–water partition coefficient (Wildman–Crippen LogP) is 3.58. The molecule has 0 bridgehead atoms. The molecule has 118 valence electrons. The lowest BCUT2D eigenvalue weighted by atomic mass is 9.96. The largest absolute Gasteiger partial charge is 0.315 e. The summed E-state index contributed by atoms with van der Waals surface area (Å²) in [4.78, 5) is 26.2. The zero-order valence-electron chi connectivity index (χ0n) is 13.2. The van der Waals surface area contributed by atoms with Gasteiger partial charge in [-0.1, -0.05) is 54.1 Å². The van der Waals surface area contributed by atoms with Crippen molar-refractivity contribution in [3.8, 4) is 0 Å². The second kappa shape index (κ2) is 7.23. The molecule has 1 atom stereocenters. The van der Waals surface area contributed by atoms with E-state index in [1.165, 1.54) is 11.6 Å². The van der Waals surface area contributed by atoms with Crippen LogP contribution in [0.1, 0.15) is 31.2 Å². The number of ketones is 1. The molecule has 0 saturated carbocycles. The minimum Gasteiger partial charge on any atom is -0.315 e. The molecule has 3 nitrogen and oxygen atoms in total. The van der Waals surface area contributed by atoms with Gasteiger partial charge in [0.1, 0.15) is 0 Å². The highest BCUT2D eigenvalue weighted by molar-refractivity contribution is 5.93. The molecule has 0 radical (unpaired) electrons. The average Bonchev–Trinajstić information content (AvgIpc) is 2.57. The standard InChI is InChI=1S/C20H21NO2/c22-19-11-12-21(20(23)14-17-9-5-2-6-10-17)18(15-19)13-16-7-3-1-4-8-16/h1-5,7-9,11-12,18H,6,10,13-15H2. The summed E-state index contributed by atoms with van der Waals surface area (Å²) in [5, 5.41) is 0. The first kappa shape index (κ1) is 15.5. The quantitative estimate of drug-likeness (QED) is 0.852. The van der Waals surface area contributed by atoms with Gasteiger partial charge in [-0.3, -0.25) is 9.59 Å². The van der Waals surface area contributed by atoms with Crippen molar-refractivity contribution < 1.29 is 9.59 Å². The topological polar surface area (TPSA) is 37.4 Å². The summed E-state index contributed by atoms with van der Waals surface area (Å²) in [5.41, 5.74) is 2.32. The third-order valence-corrected chi connectivity index (χ3v) is 4.33. The fourth-order valence-electron chi connectivity index (χ4n) is 3.11. The zero-order chi connectivity index (χ0) is 16.1. The minimum atomic E-state index is -0.0814. The van der Waals surface area contributed by atoms with E-state index in [4.69, 9.17) is 0 Å². The molecule has 0 saturated heterocycles. The number of rotatable bonds is 4. The lowest BCUT2D eigenvalue weighted by Crippen LogP contribution is -2.41. The van der Waals surface area contributed by atoms with Crippen LogP contribution in [0.4, 0.5) is 0 Å². The molecule has 2 aliphatic rings.